The fraction of sp³-hybridized carbons (Fsp3) is 0.810. The molecule has 1 aromatic heterocycles. The van der Waals surface area contributed by atoms with Crippen molar-refractivity contribution in [1.82, 2.24) is 14.9 Å². The van der Waals surface area contributed by atoms with E-state index in [9.17, 15) is 0 Å². The van der Waals surface area contributed by atoms with Crippen LogP contribution in [0.5, 0.6) is 0 Å². The van der Waals surface area contributed by atoms with E-state index in [2.05, 4.69) is 26.3 Å². The minimum absolute atomic E-state index is 0.234. The Morgan fingerprint density at radius 2 is 1.85 bits per heavy atom. The van der Waals surface area contributed by atoms with Crippen LogP contribution in [0, 0.1) is 6.92 Å². The Bertz CT molecular complexity index is 617. The number of rotatable bonds is 5. The summed E-state index contributed by atoms with van der Waals surface area (Å²) in [4.78, 5) is 12.0. The maximum Gasteiger partial charge on any atom is 0.129 e. The Morgan fingerprint density at radius 1 is 1.15 bits per heavy atom. The molecule has 27 heavy (non-hydrogen) atoms. The molecule has 0 aromatic carbocycles. The smallest absolute Gasteiger partial charge is 0.129 e. The highest BCUT2D eigenvalue weighted by Crippen LogP contribution is 2.36. The molecule has 4 rings (SSSR count). The van der Waals surface area contributed by atoms with Crippen molar-refractivity contribution in [3.63, 3.8) is 0 Å². The van der Waals surface area contributed by atoms with E-state index in [1.807, 2.05) is 6.92 Å². The van der Waals surface area contributed by atoms with E-state index in [1.165, 1.54) is 38.5 Å². The average molecular weight is 374 g/mol. The van der Waals surface area contributed by atoms with E-state index >= 15 is 0 Å². The lowest BCUT2D eigenvalue weighted by Crippen LogP contribution is -2.57. The van der Waals surface area contributed by atoms with Gasteiger partial charge in [-0.25, -0.2) is 9.97 Å². The van der Waals surface area contributed by atoms with Crippen LogP contribution in [-0.2, 0) is 4.74 Å². The summed E-state index contributed by atoms with van der Waals surface area (Å²) in [6.07, 6.45) is 10.0. The third kappa shape index (κ3) is 4.44. The first-order chi connectivity index (χ1) is 13.1. The second-order valence-corrected chi connectivity index (χ2v) is 8.75. The van der Waals surface area contributed by atoms with Crippen LogP contribution in [0.25, 0.3) is 0 Å². The zero-order valence-corrected chi connectivity index (χ0v) is 16.8. The van der Waals surface area contributed by atoms with Gasteiger partial charge in [0.1, 0.15) is 11.6 Å². The van der Waals surface area contributed by atoms with Crippen LogP contribution in [0.15, 0.2) is 6.07 Å². The second-order valence-electron chi connectivity index (χ2n) is 8.75. The molecule has 150 valence electrons. The predicted octanol–water partition coefficient (Wildman–Crippen LogP) is 2.83. The monoisotopic (exact) mass is 373 g/mol. The summed E-state index contributed by atoms with van der Waals surface area (Å²) in [5.74, 6) is 2.35. The van der Waals surface area contributed by atoms with Crippen LogP contribution >= 0.6 is 0 Å². The predicted molar refractivity (Wildman–Crippen MR) is 108 cm³/mol. The second kappa shape index (κ2) is 8.41. The first kappa shape index (κ1) is 19.1. The molecule has 0 radical (unpaired) electrons. The molecule has 3 aliphatic rings. The van der Waals surface area contributed by atoms with Gasteiger partial charge in [0.05, 0.1) is 13.2 Å². The van der Waals surface area contributed by atoms with Crippen molar-refractivity contribution < 1.29 is 4.74 Å². The van der Waals surface area contributed by atoms with Gasteiger partial charge >= 0.3 is 0 Å². The maximum absolute atomic E-state index is 5.98. The molecule has 1 aromatic rings. The number of anilines is 1. The van der Waals surface area contributed by atoms with E-state index in [0.717, 1.165) is 63.0 Å². The highest BCUT2D eigenvalue weighted by atomic mass is 16.5. The molecule has 0 bridgehead atoms. The normalized spacial score (nSPS) is 29.0. The standard InChI is InChI=1S/C21H35N5O/c1-16-24-19(17-12-18(22)13-17)14-20(25-16)23-15-21(6-4-2-3-5-7-21)26-8-10-27-11-9-26/h14,17-18H,2-13,15,22H2,1H3,(H,23,24,25). The average Bonchev–Trinajstić information content (AvgIpc) is 2.91. The Kier molecular flexibility index (Phi) is 5.95. The van der Waals surface area contributed by atoms with Crippen LogP contribution in [0.2, 0.25) is 0 Å². The summed E-state index contributed by atoms with van der Waals surface area (Å²) in [6, 6.07) is 2.50. The van der Waals surface area contributed by atoms with Crippen LogP contribution in [0.1, 0.15) is 68.8 Å². The largest absolute Gasteiger partial charge is 0.379 e. The molecule has 0 atom stereocenters. The molecule has 0 amide bonds. The molecule has 0 spiro atoms. The van der Waals surface area contributed by atoms with Crippen molar-refractivity contribution in [3.8, 4) is 0 Å². The lowest BCUT2D eigenvalue weighted by molar-refractivity contribution is -0.0240. The lowest BCUT2D eigenvalue weighted by Gasteiger charge is -2.46. The summed E-state index contributed by atoms with van der Waals surface area (Å²) in [6.45, 7) is 6.79. The van der Waals surface area contributed by atoms with Crippen molar-refractivity contribution in [2.75, 3.05) is 38.2 Å². The molecule has 6 nitrogen and oxygen atoms in total. The highest BCUT2D eigenvalue weighted by molar-refractivity contribution is 5.38. The third-order valence-electron chi connectivity index (χ3n) is 6.77. The minimum Gasteiger partial charge on any atom is -0.379 e. The first-order valence-electron chi connectivity index (χ1n) is 10.8. The van der Waals surface area contributed by atoms with E-state index in [-0.39, 0.29) is 5.54 Å². The lowest BCUT2D eigenvalue weighted by atomic mass is 9.78. The van der Waals surface area contributed by atoms with Gasteiger partial charge in [-0.3, -0.25) is 4.90 Å². The molecule has 3 N–H and O–H groups in total. The number of aromatic nitrogens is 2. The Morgan fingerprint density at radius 3 is 2.52 bits per heavy atom. The fourth-order valence-electron chi connectivity index (χ4n) is 5.08. The van der Waals surface area contributed by atoms with Crippen molar-refractivity contribution >= 4 is 5.82 Å². The SMILES string of the molecule is Cc1nc(NCC2(N3CCOCC3)CCCCCC2)cc(C2CC(N)C2)n1. The van der Waals surface area contributed by atoms with Gasteiger partial charge < -0.3 is 15.8 Å². The molecule has 1 saturated heterocycles. The maximum atomic E-state index is 5.98. The quantitative estimate of drug-likeness (QED) is 0.773. The number of nitrogens with zero attached hydrogens (tertiary/aromatic N) is 3. The van der Waals surface area contributed by atoms with Crippen molar-refractivity contribution in [2.45, 2.75) is 75.8 Å². The zero-order valence-electron chi connectivity index (χ0n) is 16.8. The van der Waals surface area contributed by atoms with Crippen LogP contribution in [-0.4, -0.2) is 59.3 Å². The summed E-state index contributed by atoms with van der Waals surface area (Å²) in [7, 11) is 0. The molecule has 2 saturated carbocycles. The van der Waals surface area contributed by atoms with Crippen LogP contribution in [0.3, 0.4) is 0 Å². The number of nitrogens with two attached hydrogens (primary N) is 1. The van der Waals surface area contributed by atoms with Gasteiger partial charge in [-0.05, 0) is 32.6 Å². The number of ether oxygens (including phenoxy) is 1. The zero-order chi connectivity index (χ0) is 18.7. The fourth-order valence-corrected chi connectivity index (χ4v) is 5.08. The van der Waals surface area contributed by atoms with E-state index < -0.39 is 0 Å². The van der Waals surface area contributed by atoms with E-state index in [1.54, 1.807) is 0 Å². The molecule has 6 heteroatoms. The van der Waals surface area contributed by atoms with Gasteiger partial charge in [0.2, 0.25) is 0 Å². The Hall–Kier alpha value is -1.24. The summed E-state index contributed by atoms with van der Waals surface area (Å²) in [5.41, 5.74) is 7.37. The van der Waals surface area contributed by atoms with Crippen molar-refractivity contribution in [2.24, 2.45) is 5.73 Å². The summed E-state index contributed by atoms with van der Waals surface area (Å²) >= 11 is 0. The van der Waals surface area contributed by atoms with Gasteiger partial charge in [-0.15, -0.1) is 0 Å². The minimum atomic E-state index is 0.234. The van der Waals surface area contributed by atoms with Crippen molar-refractivity contribution in [3.05, 3.63) is 17.6 Å². The molecule has 1 aliphatic heterocycles. The van der Waals surface area contributed by atoms with E-state index in [4.69, 9.17) is 10.5 Å². The van der Waals surface area contributed by atoms with Gasteiger partial charge in [0.25, 0.3) is 0 Å². The first-order valence-corrected chi connectivity index (χ1v) is 10.8. The van der Waals surface area contributed by atoms with Crippen molar-refractivity contribution in [1.29, 1.82) is 0 Å². The number of hydrogen-bond donors (Lipinski definition) is 2. The molecule has 3 fully saturated rings. The highest BCUT2D eigenvalue weighted by Gasteiger charge is 2.38. The molecule has 2 aliphatic carbocycles. The number of aryl methyl sites for hydroxylation is 1. The van der Waals surface area contributed by atoms with Gasteiger partial charge in [-0.2, -0.15) is 0 Å². The van der Waals surface area contributed by atoms with Gasteiger partial charge in [0.15, 0.2) is 0 Å². The third-order valence-corrected chi connectivity index (χ3v) is 6.77. The number of nitrogens with one attached hydrogen (secondary N) is 1. The summed E-state index contributed by atoms with van der Waals surface area (Å²) < 4.78 is 5.62. The summed E-state index contributed by atoms with van der Waals surface area (Å²) in [5, 5.41) is 3.71. The van der Waals surface area contributed by atoms with Crippen LogP contribution in [0.4, 0.5) is 5.82 Å². The topological polar surface area (TPSA) is 76.3 Å². The molecule has 0 unspecified atom stereocenters. The number of morpholine rings is 1. The van der Waals surface area contributed by atoms with E-state index in [0.29, 0.717) is 12.0 Å². The molecular formula is C21H35N5O. The van der Waals surface area contributed by atoms with Gasteiger partial charge in [0, 0.05) is 48.9 Å². The Balaban J connectivity index is 1.48. The molecule has 2 heterocycles. The van der Waals surface area contributed by atoms with Gasteiger partial charge in [-0.1, -0.05) is 25.7 Å². The van der Waals surface area contributed by atoms with Crippen LogP contribution < -0.4 is 11.1 Å². The molecular weight excluding hydrogens is 338 g/mol. The Labute approximate surface area is 163 Å². The number of hydrogen-bond acceptors (Lipinski definition) is 6.